The molecule has 0 radical (unpaired) electrons. The van der Waals surface area contributed by atoms with Gasteiger partial charge >= 0.3 is 5.97 Å². The van der Waals surface area contributed by atoms with Crippen molar-refractivity contribution in [3.05, 3.63) is 34.9 Å². The van der Waals surface area contributed by atoms with Gasteiger partial charge in [0.25, 0.3) is 0 Å². The minimum absolute atomic E-state index is 0.0361. The standard InChI is InChI=1S/C13H14Br2O3/c1-2-18-13(17)11-5-3-4-9(7-14)12(11)6-10(16)8-15/h3-5H,2,6-8H2,1H3. The van der Waals surface area contributed by atoms with Crippen molar-refractivity contribution in [2.75, 3.05) is 11.9 Å². The monoisotopic (exact) mass is 376 g/mol. The third kappa shape index (κ3) is 3.92. The third-order valence-corrected chi connectivity index (χ3v) is 3.66. The number of ether oxygens (including phenoxy) is 1. The van der Waals surface area contributed by atoms with Gasteiger partial charge in [-0.05, 0) is 24.1 Å². The SMILES string of the molecule is CCOC(=O)c1cccc(CBr)c1CC(=O)CBr. The molecule has 0 saturated heterocycles. The fourth-order valence-electron chi connectivity index (χ4n) is 1.61. The molecule has 3 nitrogen and oxygen atoms in total. The molecule has 1 aromatic carbocycles. The van der Waals surface area contributed by atoms with E-state index in [0.717, 1.165) is 11.1 Å². The Bertz CT molecular complexity index is 444. The van der Waals surface area contributed by atoms with Gasteiger partial charge in [0.2, 0.25) is 0 Å². The molecule has 0 N–H and O–H groups in total. The van der Waals surface area contributed by atoms with Crippen LogP contribution in [-0.4, -0.2) is 23.7 Å². The van der Waals surface area contributed by atoms with Crippen molar-refractivity contribution in [2.24, 2.45) is 0 Å². The van der Waals surface area contributed by atoms with Crippen LogP contribution in [0.4, 0.5) is 0 Å². The Morgan fingerprint density at radius 3 is 2.56 bits per heavy atom. The minimum atomic E-state index is -0.377. The van der Waals surface area contributed by atoms with E-state index in [1.54, 1.807) is 19.1 Å². The van der Waals surface area contributed by atoms with Gasteiger partial charge in [0.15, 0.2) is 0 Å². The molecule has 0 saturated carbocycles. The number of carbonyl (C=O) groups excluding carboxylic acids is 2. The zero-order valence-electron chi connectivity index (χ0n) is 10.0. The van der Waals surface area contributed by atoms with Gasteiger partial charge in [-0.2, -0.15) is 0 Å². The van der Waals surface area contributed by atoms with Crippen LogP contribution >= 0.6 is 31.9 Å². The van der Waals surface area contributed by atoms with E-state index in [0.29, 0.717) is 17.5 Å². The van der Waals surface area contributed by atoms with E-state index in [1.807, 2.05) is 6.07 Å². The minimum Gasteiger partial charge on any atom is -0.462 e. The number of halogens is 2. The summed E-state index contributed by atoms with van der Waals surface area (Å²) in [6.07, 6.45) is 0.237. The Hall–Kier alpha value is -0.680. The Kier molecular flexibility index (Phi) is 6.57. The molecule has 0 aliphatic carbocycles. The quantitative estimate of drug-likeness (QED) is 0.564. The van der Waals surface area contributed by atoms with Crippen LogP contribution in [0.25, 0.3) is 0 Å². The van der Waals surface area contributed by atoms with Crippen LogP contribution in [-0.2, 0) is 21.3 Å². The van der Waals surface area contributed by atoms with E-state index in [2.05, 4.69) is 31.9 Å². The first kappa shape index (κ1) is 15.4. The fourth-order valence-corrected chi connectivity index (χ4v) is 2.34. The van der Waals surface area contributed by atoms with E-state index in [1.165, 1.54) is 0 Å². The molecule has 0 amide bonds. The molecular weight excluding hydrogens is 364 g/mol. The van der Waals surface area contributed by atoms with Crippen LogP contribution in [0.3, 0.4) is 0 Å². The Labute approximate surface area is 123 Å². The molecule has 0 bridgehead atoms. The second-order valence-corrected chi connectivity index (χ2v) is 4.77. The van der Waals surface area contributed by atoms with Gasteiger partial charge in [0.05, 0.1) is 17.5 Å². The normalized spacial score (nSPS) is 10.2. The molecule has 0 spiro atoms. The number of ketones is 1. The highest BCUT2D eigenvalue weighted by Crippen LogP contribution is 2.20. The van der Waals surface area contributed by atoms with E-state index in [4.69, 9.17) is 4.74 Å². The Balaban J connectivity index is 3.15. The lowest BCUT2D eigenvalue weighted by atomic mass is 9.97. The summed E-state index contributed by atoms with van der Waals surface area (Å²) in [6.45, 7) is 2.08. The van der Waals surface area contributed by atoms with Crippen molar-refractivity contribution >= 4 is 43.6 Å². The number of carbonyl (C=O) groups is 2. The van der Waals surface area contributed by atoms with Crippen molar-refractivity contribution in [1.29, 1.82) is 0 Å². The molecule has 1 rings (SSSR count). The number of benzene rings is 1. The van der Waals surface area contributed by atoms with E-state index in [9.17, 15) is 9.59 Å². The van der Waals surface area contributed by atoms with Crippen LogP contribution in [0.15, 0.2) is 18.2 Å². The smallest absolute Gasteiger partial charge is 0.338 e. The van der Waals surface area contributed by atoms with Gasteiger partial charge in [-0.15, -0.1) is 0 Å². The van der Waals surface area contributed by atoms with Crippen molar-refractivity contribution in [3.8, 4) is 0 Å². The summed E-state index contributed by atoms with van der Waals surface area (Å²) in [5.74, 6) is -0.341. The maximum Gasteiger partial charge on any atom is 0.338 e. The molecule has 0 unspecified atom stereocenters. The van der Waals surface area contributed by atoms with E-state index in [-0.39, 0.29) is 23.5 Å². The molecule has 18 heavy (non-hydrogen) atoms. The number of hydrogen-bond donors (Lipinski definition) is 0. The highest BCUT2D eigenvalue weighted by atomic mass is 79.9. The summed E-state index contributed by atoms with van der Waals surface area (Å²) in [5.41, 5.74) is 2.16. The molecule has 0 aliphatic rings. The van der Waals surface area contributed by atoms with Crippen molar-refractivity contribution < 1.29 is 14.3 Å². The number of Topliss-reactive ketones (excluding diaryl/α,β-unsaturated/α-hetero) is 1. The average Bonchev–Trinajstić information content (AvgIpc) is 2.38. The van der Waals surface area contributed by atoms with Crippen molar-refractivity contribution in [2.45, 2.75) is 18.7 Å². The second-order valence-electron chi connectivity index (χ2n) is 3.65. The molecule has 0 aliphatic heterocycles. The van der Waals surface area contributed by atoms with E-state index >= 15 is 0 Å². The van der Waals surface area contributed by atoms with Crippen LogP contribution in [0, 0.1) is 0 Å². The topological polar surface area (TPSA) is 43.4 Å². The zero-order valence-corrected chi connectivity index (χ0v) is 13.2. The summed E-state index contributed by atoms with van der Waals surface area (Å²) in [7, 11) is 0. The first-order chi connectivity index (χ1) is 8.63. The maximum absolute atomic E-state index is 11.8. The van der Waals surface area contributed by atoms with Gasteiger partial charge in [-0.3, -0.25) is 4.79 Å². The van der Waals surface area contributed by atoms with Gasteiger partial charge < -0.3 is 4.74 Å². The summed E-state index contributed by atoms with van der Waals surface area (Å²) in [5, 5.41) is 0.886. The number of hydrogen-bond acceptors (Lipinski definition) is 3. The number of rotatable bonds is 6. The average molecular weight is 378 g/mol. The lowest BCUT2D eigenvalue weighted by Gasteiger charge is -2.11. The lowest BCUT2D eigenvalue weighted by molar-refractivity contribution is -0.115. The van der Waals surface area contributed by atoms with Crippen LogP contribution < -0.4 is 0 Å². The molecule has 98 valence electrons. The van der Waals surface area contributed by atoms with E-state index < -0.39 is 0 Å². The molecule has 1 aromatic rings. The predicted octanol–water partition coefficient (Wildman–Crippen LogP) is 3.26. The predicted molar refractivity (Wildman–Crippen MR) is 77.5 cm³/mol. The summed E-state index contributed by atoms with van der Waals surface area (Å²) in [4.78, 5) is 23.4. The Morgan fingerprint density at radius 1 is 1.28 bits per heavy atom. The Morgan fingerprint density at radius 2 is 2.00 bits per heavy atom. The van der Waals surface area contributed by atoms with Crippen molar-refractivity contribution in [1.82, 2.24) is 0 Å². The van der Waals surface area contributed by atoms with Crippen LogP contribution in [0.1, 0.15) is 28.4 Å². The molecule has 0 aromatic heterocycles. The number of esters is 1. The summed E-state index contributed by atoms with van der Waals surface area (Å²) >= 11 is 6.50. The van der Waals surface area contributed by atoms with Gasteiger partial charge in [-0.1, -0.05) is 44.0 Å². The number of alkyl halides is 2. The van der Waals surface area contributed by atoms with Gasteiger partial charge in [-0.25, -0.2) is 4.79 Å². The molecular formula is C13H14Br2O3. The van der Waals surface area contributed by atoms with Gasteiger partial charge in [0, 0.05) is 11.8 Å². The third-order valence-electron chi connectivity index (χ3n) is 2.44. The first-order valence-corrected chi connectivity index (χ1v) is 7.79. The molecule has 5 heteroatoms. The summed E-state index contributed by atoms with van der Waals surface area (Å²) in [6, 6.07) is 5.39. The summed E-state index contributed by atoms with van der Waals surface area (Å²) < 4.78 is 5.01. The maximum atomic E-state index is 11.8. The molecule has 0 fully saturated rings. The van der Waals surface area contributed by atoms with Crippen molar-refractivity contribution in [3.63, 3.8) is 0 Å². The first-order valence-electron chi connectivity index (χ1n) is 5.55. The largest absolute Gasteiger partial charge is 0.462 e. The molecule has 0 atom stereocenters. The lowest BCUT2D eigenvalue weighted by Crippen LogP contribution is -2.14. The fraction of sp³-hybridized carbons (Fsp3) is 0.385. The van der Waals surface area contributed by atoms with Gasteiger partial charge in [0.1, 0.15) is 5.78 Å². The highest BCUT2D eigenvalue weighted by molar-refractivity contribution is 9.09. The highest BCUT2D eigenvalue weighted by Gasteiger charge is 2.17. The second kappa shape index (κ2) is 7.69. The van der Waals surface area contributed by atoms with Crippen LogP contribution in [0.5, 0.6) is 0 Å². The van der Waals surface area contributed by atoms with Crippen LogP contribution in [0.2, 0.25) is 0 Å². The zero-order chi connectivity index (χ0) is 13.5. The molecule has 0 heterocycles.